The topological polar surface area (TPSA) is 71.4 Å². The van der Waals surface area contributed by atoms with E-state index in [-0.39, 0.29) is 5.57 Å². The number of nitrogens with zero attached hydrogens (tertiary/aromatic N) is 1. The Balaban J connectivity index is 1.87. The zero-order valence-electron chi connectivity index (χ0n) is 18.5. The van der Waals surface area contributed by atoms with Gasteiger partial charge < -0.3 is 14.8 Å². The Hall–Kier alpha value is -4.04. The SMILES string of the molecule is CCc1ccccc1NC(=O)/C(C#N)=C/c1ccc(OC)cc1OCc1cccc(C)c1. The molecule has 0 heterocycles. The molecule has 162 valence electrons. The highest BCUT2D eigenvalue weighted by molar-refractivity contribution is 6.10. The van der Waals surface area contributed by atoms with Gasteiger partial charge in [-0.2, -0.15) is 5.26 Å². The first-order chi connectivity index (χ1) is 15.5. The number of carbonyl (C=O) groups excluding carboxylic acids is 1. The third-order valence-electron chi connectivity index (χ3n) is 5.01. The second kappa shape index (κ2) is 10.8. The lowest BCUT2D eigenvalue weighted by Crippen LogP contribution is -2.14. The van der Waals surface area contributed by atoms with Crippen LogP contribution < -0.4 is 14.8 Å². The molecule has 0 radical (unpaired) electrons. The first-order valence-corrected chi connectivity index (χ1v) is 10.4. The van der Waals surface area contributed by atoms with Gasteiger partial charge in [-0.05, 0) is 48.7 Å². The second-order valence-electron chi connectivity index (χ2n) is 7.32. The lowest BCUT2D eigenvalue weighted by atomic mass is 10.1. The Labute approximate surface area is 188 Å². The van der Waals surface area contributed by atoms with Crippen LogP contribution in [-0.2, 0) is 17.8 Å². The van der Waals surface area contributed by atoms with Crippen molar-refractivity contribution in [3.05, 3.63) is 94.6 Å². The van der Waals surface area contributed by atoms with Crippen molar-refractivity contribution in [1.82, 2.24) is 0 Å². The number of nitriles is 1. The highest BCUT2D eigenvalue weighted by Crippen LogP contribution is 2.28. The number of nitrogens with one attached hydrogen (secondary N) is 1. The number of rotatable bonds is 8. The number of carbonyl (C=O) groups is 1. The van der Waals surface area contributed by atoms with Crippen LogP contribution in [0.2, 0.25) is 0 Å². The van der Waals surface area contributed by atoms with E-state index in [1.807, 2.05) is 62.4 Å². The van der Waals surface area contributed by atoms with E-state index in [2.05, 4.69) is 11.4 Å². The maximum absolute atomic E-state index is 12.8. The molecule has 0 aromatic heterocycles. The normalized spacial score (nSPS) is 10.9. The van der Waals surface area contributed by atoms with Crippen molar-refractivity contribution >= 4 is 17.7 Å². The van der Waals surface area contributed by atoms with Gasteiger partial charge in [0.15, 0.2) is 0 Å². The van der Waals surface area contributed by atoms with E-state index >= 15 is 0 Å². The number of para-hydroxylation sites is 1. The molecule has 1 N–H and O–H groups in total. The molecule has 0 atom stereocenters. The highest BCUT2D eigenvalue weighted by Gasteiger charge is 2.13. The Morgan fingerprint density at radius 3 is 2.62 bits per heavy atom. The van der Waals surface area contributed by atoms with Crippen LogP contribution in [0.3, 0.4) is 0 Å². The second-order valence-corrected chi connectivity index (χ2v) is 7.32. The van der Waals surface area contributed by atoms with Crippen LogP contribution >= 0.6 is 0 Å². The minimum Gasteiger partial charge on any atom is -0.497 e. The zero-order valence-corrected chi connectivity index (χ0v) is 18.5. The third kappa shape index (κ3) is 5.77. The molecular formula is C27H26N2O3. The van der Waals surface area contributed by atoms with E-state index in [1.54, 1.807) is 25.3 Å². The number of hydrogen-bond acceptors (Lipinski definition) is 4. The summed E-state index contributed by atoms with van der Waals surface area (Å²) in [6.07, 6.45) is 2.31. The van der Waals surface area contributed by atoms with Gasteiger partial charge in [0.2, 0.25) is 0 Å². The summed E-state index contributed by atoms with van der Waals surface area (Å²) in [5.41, 5.74) is 4.48. The van der Waals surface area contributed by atoms with Gasteiger partial charge in [-0.1, -0.05) is 55.0 Å². The molecule has 0 aliphatic heterocycles. The smallest absolute Gasteiger partial charge is 0.266 e. The predicted octanol–water partition coefficient (Wildman–Crippen LogP) is 5.69. The monoisotopic (exact) mass is 426 g/mol. The Morgan fingerprint density at radius 2 is 1.91 bits per heavy atom. The number of methoxy groups -OCH3 is 1. The van der Waals surface area contributed by atoms with E-state index in [0.717, 1.165) is 23.1 Å². The van der Waals surface area contributed by atoms with Crippen LogP contribution in [0.1, 0.15) is 29.2 Å². The minimum absolute atomic E-state index is 0.0125. The molecule has 3 aromatic carbocycles. The molecule has 0 fully saturated rings. The molecule has 5 heteroatoms. The van der Waals surface area contributed by atoms with Crippen LogP contribution in [0, 0.1) is 18.3 Å². The molecule has 1 amide bonds. The summed E-state index contributed by atoms with van der Waals surface area (Å²) in [5, 5.41) is 12.5. The van der Waals surface area contributed by atoms with Crippen LogP contribution in [0.15, 0.2) is 72.3 Å². The maximum atomic E-state index is 12.8. The van der Waals surface area contributed by atoms with Crippen molar-refractivity contribution in [3.63, 3.8) is 0 Å². The largest absolute Gasteiger partial charge is 0.497 e. The molecule has 32 heavy (non-hydrogen) atoms. The van der Waals surface area contributed by atoms with Gasteiger partial charge in [0, 0.05) is 17.3 Å². The average molecular weight is 427 g/mol. The lowest BCUT2D eigenvalue weighted by molar-refractivity contribution is -0.112. The number of ether oxygens (including phenoxy) is 2. The Morgan fingerprint density at radius 1 is 1.09 bits per heavy atom. The van der Waals surface area contributed by atoms with Crippen molar-refractivity contribution < 1.29 is 14.3 Å². The molecule has 3 aromatic rings. The summed E-state index contributed by atoms with van der Waals surface area (Å²) in [6.45, 7) is 4.40. The van der Waals surface area contributed by atoms with Crippen molar-refractivity contribution in [1.29, 1.82) is 5.26 Å². The van der Waals surface area contributed by atoms with E-state index in [1.165, 1.54) is 6.08 Å². The molecule has 0 saturated carbocycles. The van der Waals surface area contributed by atoms with E-state index in [0.29, 0.717) is 29.4 Å². The number of benzene rings is 3. The van der Waals surface area contributed by atoms with Crippen LogP contribution in [0.5, 0.6) is 11.5 Å². The fourth-order valence-corrected chi connectivity index (χ4v) is 3.29. The van der Waals surface area contributed by atoms with Crippen molar-refractivity contribution in [3.8, 4) is 17.6 Å². The average Bonchev–Trinajstić information content (AvgIpc) is 2.81. The predicted molar refractivity (Wildman–Crippen MR) is 127 cm³/mol. The molecule has 5 nitrogen and oxygen atoms in total. The standard InChI is InChI=1S/C27H26N2O3/c1-4-21-10-5-6-11-25(21)29-27(30)23(17-28)15-22-12-13-24(31-3)16-26(22)32-18-20-9-7-8-19(2)14-20/h5-16H,4,18H2,1-3H3,(H,29,30)/b23-15+. The summed E-state index contributed by atoms with van der Waals surface area (Å²) in [5.74, 6) is 0.690. The molecule has 0 aliphatic carbocycles. The van der Waals surface area contributed by atoms with Crippen molar-refractivity contribution in [2.75, 3.05) is 12.4 Å². The highest BCUT2D eigenvalue weighted by atomic mass is 16.5. The van der Waals surface area contributed by atoms with Gasteiger partial charge in [0.1, 0.15) is 29.7 Å². The fourth-order valence-electron chi connectivity index (χ4n) is 3.29. The van der Waals surface area contributed by atoms with Gasteiger partial charge >= 0.3 is 0 Å². The molecular weight excluding hydrogens is 400 g/mol. The summed E-state index contributed by atoms with van der Waals surface area (Å²) in [6, 6.07) is 22.9. The summed E-state index contributed by atoms with van der Waals surface area (Å²) in [4.78, 5) is 12.8. The van der Waals surface area contributed by atoms with E-state index in [4.69, 9.17) is 9.47 Å². The van der Waals surface area contributed by atoms with Crippen molar-refractivity contribution in [2.24, 2.45) is 0 Å². The minimum atomic E-state index is -0.464. The zero-order chi connectivity index (χ0) is 22.9. The van der Waals surface area contributed by atoms with Gasteiger partial charge in [0.05, 0.1) is 7.11 Å². The number of amides is 1. The molecule has 0 spiro atoms. The summed E-state index contributed by atoms with van der Waals surface area (Å²) >= 11 is 0. The van der Waals surface area contributed by atoms with Crippen LogP contribution in [0.4, 0.5) is 5.69 Å². The number of aryl methyl sites for hydroxylation is 2. The summed E-state index contributed by atoms with van der Waals surface area (Å²) in [7, 11) is 1.58. The van der Waals surface area contributed by atoms with Crippen LogP contribution in [-0.4, -0.2) is 13.0 Å². The Kier molecular flexibility index (Phi) is 7.66. The fraction of sp³-hybridized carbons (Fsp3) is 0.185. The molecule has 0 unspecified atom stereocenters. The van der Waals surface area contributed by atoms with E-state index in [9.17, 15) is 10.1 Å². The first-order valence-electron chi connectivity index (χ1n) is 10.4. The van der Waals surface area contributed by atoms with Gasteiger partial charge in [0.25, 0.3) is 5.91 Å². The summed E-state index contributed by atoms with van der Waals surface area (Å²) < 4.78 is 11.4. The lowest BCUT2D eigenvalue weighted by Gasteiger charge is -2.12. The van der Waals surface area contributed by atoms with E-state index < -0.39 is 5.91 Å². The first kappa shape index (κ1) is 22.6. The van der Waals surface area contributed by atoms with Gasteiger partial charge in [-0.15, -0.1) is 0 Å². The quantitative estimate of drug-likeness (QED) is 0.371. The van der Waals surface area contributed by atoms with Gasteiger partial charge in [-0.25, -0.2) is 0 Å². The third-order valence-corrected chi connectivity index (χ3v) is 5.01. The molecule has 3 rings (SSSR count). The number of anilines is 1. The van der Waals surface area contributed by atoms with Crippen molar-refractivity contribution in [2.45, 2.75) is 26.9 Å². The molecule has 0 bridgehead atoms. The van der Waals surface area contributed by atoms with Crippen LogP contribution in [0.25, 0.3) is 6.08 Å². The Bertz CT molecular complexity index is 1180. The van der Waals surface area contributed by atoms with Gasteiger partial charge in [-0.3, -0.25) is 4.79 Å². The molecule has 0 saturated heterocycles. The maximum Gasteiger partial charge on any atom is 0.266 e. The number of hydrogen-bond donors (Lipinski definition) is 1. The molecule has 0 aliphatic rings.